The molecule has 2 nitrogen and oxygen atoms in total. The number of thiocarbonyl (C=S) groups is 1. The molecule has 0 radical (unpaired) electrons. The lowest BCUT2D eigenvalue weighted by Gasteiger charge is -2.09. The first-order chi connectivity index (χ1) is 8.36. The van der Waals surface area contributed by atoms with Crippen molar-refractivity contribution in [2.75, 3.05) is 0 Å². The molecule has 1 aromatic carbocycles. The van der Waals surface area contributed by atoms with E-state index in [9.17, 15) is 18.0 Å². The number of hydrogen-bond acceptors (Lipinski definition) is 3. The van der Waals surface area contributed by atoms with Gasteiger partial charge in [0.05, 0.1) is 10.8 Å². The summed E-state index contributed by atoms with van der Waals surface area (Å²) in [6.07, 6.45) is -3.96. The molecule has 18 heavy (non-hydrogen) atoms. The summed E-state index contributed by atoms with van der Waals surface area (Å²) in [5.41, 5.74) is -0.00866. The van der Waals surface area contributed by atoms with Crippen LogP contribution in [-0.2, 0) is 17.4 Å². The van der Waals surface area contributed by atoms with Crippen LogP contribution < -0.4 is 5.32 Å². The van der Waals surface area contributed by atoms with Gasteiger partial charge in [-0.3, -0.25) is 4.79 Å². The van der Waals surface area contributed by atoms with Gasteiger partial charge in [0.25, 0.3) is 0 Å². The molecule has 0 saturated carbocycles. The molecule has 96 valence electrons. The number of benzene rings is 1. The van der Waals surface area contributed by atoms with Crippen molar-refractivity contribution in [3.05, 3.63) is 35.4 Å². The number of rotatable bonds is 2. The maximum absolute atomic E-state index is 12.4. The van der Waals surface area contributed by atoms with Crippen molar-refractivity contribution < 1.29 is 18.0 Å². The zero-order valence-electron chi connectivity index (χ0n) is 8.95. The first-order valence-corrected chi connectivity index (χ1v) is 6.32. The number of amides is 1. The minimum Gasteiger partial charge on any atom is -0.311 e. The SMILES string of the molecule is O=C1NC(=S)SC1Cc1ccc(C(F)(F)F)cc1. The second-order valence-corrected chi connectivity index (χ2v) is 5.66. The summed E-state index contributed by atoms with van der Waals surface area (Å²) in [6.45, 7) is 0. The Labute approximate surface area is 111 Å². The first kappa shape index (κ1) is 13.4. The lowest BCUT2D eigenvalue weighted by atomic mass is 10.1. The number of carbonyl (C=O) groups is 1. The quantitative estimate of drug-likeness (QED) is 0.850. The van der Waals surface area contributed by atoms with Crippen LogP contribution in [0.2, 0.25) is 0 Å². The zero-order valence-corrected chi connectivity index (χ0v) is 10.6. The van der Waals surface area contributed by atoms with Crippen LogP contribution in [0.15, 0.2) is 24.3 Å². The number of nitrogens with one attached hydrogen (secondary N) is 1. The molecule has 1 atom stereocenters. The fourth-order valence-corrected chi connectivity index (χ4v) is 2.88. The van der Waals surface area contributed by atoms with Crippen LogP contribution in [0.3, 0.4) is 0 Å². The van der Waals surface area contributed by atoms with Gasteiger partial charge in [0.1, 0.15) is 4.32 Å². The molecule has 1 saturated heterocycles. The Bertz CT molecular complexity index is 484. The van der Waals surface area contributed by atoms with Gasteiger partial charge in [-0.05, 0) is 24.1 Å². The second-order valence-electron chi connectivity index (χ2n) is 3.78. The monoisotopic (exact) mass is 291 g/mol. The molecular formula is C11H8F3NOS2. The van der Waals surface area contributed by atoms with E-state index < -0.39 is 11.7 Å². The largest absolute Gasteiger partial charge is 0.416 e. The predicted octanol–water partition coefficient (Wildman–Crippen LogP) is 2.76. The van der Waals surface area contributed by atoms with Crippen LogP contribution >= 0.6 is 24.0 Å². The number of alkyl halides is 3. The molecule has 1 fully saturated rings. The molecule has 7 heteroatoms. The van der Waals surface area contributed by atoms with E-state index in [1.54, 1.807) is 0 Å². The molecule has 2 rings (SSSR count). The standard InChI is InChI=1S/C11H8F3NOS2/c12-11(13,14)7-3-1-6(2-4-7)5-8-9(16)15-10(17)18-8/h1-4,8H,5H2,(H,15,16,17). The maximum atomic E-state index is 12.4. The average Bonchev–Trinajstić information content (AvgIpc) is 2.57. The minimum atomic E-state index is -4.33. The molecule has 1 unspecified atom stereocenters. The Kier molecular flexibility index (Phi) is 3.63. The fourth-order valence-electron chi connectivity index (χ4n) is 1.57. The van der Waals surface area contributed by atoms with E-state index in [4.69, 9.17) is 12.2 Å². The van der Waals surface area contributed by atoms with Gasteiger partial charge in [-0.15, -0.1) is 0 Å². The maximum Gasteiger partial charge on any atom is 0.416 e. The molecule has 0 aromatic heterocycles. The van der Waals surface area contributed by atoms with E-state index in [1.807, 2.05) is 0 Å². The highest BCUT2D eigenvalue weighted by atomic mass is 32.2. The van der Waals surface area contributed by atoms with Crippen LogP contribution in [-0.4, -0.2) is 15.5 Å². The Morgan fingerprint density at radius 3 is 2.33 bits per heavy atom. The first-order valence-electron chi connectivity index (χ1n) is 5.04. The topological polar surface area (TPSA) is 29.1 Å². The molecule has 0 aliphatic carbocycles. The molecule has 1 heterocycles. The van der Waals surface area contributed by atoms with Crippen LogP contribution in [0.1, 0.15) is 11.1 Å². The van der Waals surface area contributed by atoms with Gasteiger partial charge >= 0.3 is 6.18 Å². The summed E-state index contributed by atoms with van der Waals surface area (Å²) in [7, 11) is 0. The predicted molar refractivity (Wildman–Crippen MR) is 67.3 cm³/mol. The number of carbonyl (C=O) groups excluding carboxylic acids is 1. The normalized spacial score (nSPS) is 20.1. The lowest BCUT2D eigenvalue weighted by Crippen LogP contribution is -2.25. The highest BCUT2D eigenvalue weighted by Crippen LogP contribution is 2.30. The van der Waals surface area contributed by atoms with Gasteiger partial charge < -0.3 is 5.32 Å². The molecule has 0 spiro atoms. The third-order valence-electron chi connectivity index (χ3n) is 2.47. The summed E-state index contributed by atoms with van der Waals surface area (Å²) in [4.78, 5) is 11.4. The van der Waals surface area contributed by atoms with Crippen molar-refractivity contribution in [1.29, 1.82) is 0 Å². The molecule has 1 aromatic rings. The van der Waals surface area contributed by atoms with Crippen molar-refractivity contribution in [2.24, 2.45) is 0 Å². The van der Waals surface area contributed by atoms with Crippen LogP contribution in [0.25, 0.3) is 0 Å². The third kappa shape index (κ3) is 3.02. The van der Waals surface area contributed by atoms with Crippen LogP contribution in [0.4, 0.5) is 13.2 Å². The Morgan fingerprint density at radius 2 is 1.89 bits per heavy atom. The molecular weight excluding hydrogens is 283 g/mol. The van der Waals surface area contributed by atoms with E-state index in [1.165, 1.54) is 23.9 Å². The number of halogens is 3. The zero-order chi connectivity index (χ0) is 13.3. The van der Waals surface area contributed by atoms with E-state index in [0.29, 0.717) is 16.3 Å². The van der Waals surface area contributed by atoms with Crippen molar-refractivity contribution in [3.8, 4) is 0 Å². The van der Waals surface area contributed by atoms with E-state index >= 15 is 0 Å². The van der Waals surface area contributed by atoms with Gasteiger partial charge in [0.15, 0.2) is 0 Å². The molecule has 1 aliphatic heterocycles. The lowest BCUT2D eigenvalue weighted by molar-refractivity contribution is -0.137. The van der Waals surface area contributed by atoms with E-state index in [2.05, 4.69) is 5.32 Å². The third-order valence-corrected chi connectivity index (χ3v) is 3.84. The highest BCUT2D eigenvalue weighted by Gasteiger charge is 2.31. The van der Waals surface area contributed by atoms with Gasteiger partial charge in [0, 0.05) is 0 Å². The summed E-state index contributed by atoms with van der Waals surface area (Å²) < 4.78 is 37.5. The second kappa shape index (κ2) is 4.89. The average molecular weight is 291 g/mol. The van der Waals surface area contributed by atoms with Gasteiger partial charge in [-0.2, -0.15) is 13.2 Å². The molecule has 1 aliphatic rings. The van der Waals surface area contributed by atoms with Crippen LogP contribution in [0.5, 0.6) is 0 Å². The van der Waals surface area contributed by atoms with Gasteiger partial charge in [-0.1, -0.05) is 36.1 Å². The molecule has 1 amide bonds. The number of hydrogen-bond donors (Lipinski definition) is 1. The minimum absolute atomic E-state index is 0.190. The van der Waals surface area contributed by atoms with Gasteiger partial charge in [0.2, 0.25) is 5.91 Å². The summed E-state index contributed by atoms with van der Waals surface area (Å²) in [6, 6.07) is 4.81. The number of thioether (sulfide) groups is 1. The summed E-state index contributed by atoms with van der Waals surface area (Å²) in [5, 5.41) is 2.15. The van der Waals surface area contributed by atoms with Crippen molar-refractivity contribution in [3.63, 3.8) is 0 Å². The highest BCUT2D eigenvalue weighted by molar-refractivity contribution is 8.24. The van der Waals surface area contributed by atoms with Crippen molar-refractivity contribution in [2.45, 2.75) is 17.8 Å². The smallest absolute Gasteiger partial charge is 0.311 e. The van der Waals surface area contributed by atoms with Gasteiger partial charge in [-0.25, -0.2) is 0 Å². The van der Waals surface area contributed by atoms with E-state index in [0.717, 1.165) is 12.1 Å². The molecule has 0 bridgehead atoms. The fraction of sp³-hybridized carbons (Fsp3) is 0.273. The summed E-state index contributed by atoms with van der Waals surface area (Å²) in [5.74, 6) is -0.190. The van der Waals surface area contributed by atoms with Crippen molar-refractivity contribution >= 4 is 34.2 Å². The Balaban J connectivity index is 2.07. The summed E-state index contributed by atoms with van der Waals surface area (Å²) >= 11 is 6.07. The van der Waals surface area contributed by atoms with Crippen molar-refractivity contribution in [1.82, 2.24) is 5.32 Å². The Morgan fingerprint density at radius 1 is 1.28 bits per heavy atom. The Hall–Kier alpha value is -1.08. The van der Waals surface area contributed by atoms with Crippen LogP contribution in [0, 0.1) is 0 Å². The molecule has 1 N–H and O–H groups in total. The van der Waals surface area contributed by atoms with E-state index in [-0.39, 0.29) is 11.2 Å².